The maximum absolute atomic E-state index is 6.18. The van der Waals surface area contributed by atoms with Gasteiger partial charge in [-0.1, -0.05) is 30.3 Å². The van der Waals surface area contributed by atoms with E-state index in [4.69, 9.17) is 11.6 Å². The van der Waals surface area contributed by atoms with E-state index in [2.05, 4.69) is 21.4 Å². The molecule has 0 N–H and O–H groups in total. The van der Waals surface area contributed by atoms with Crippen molar-refractivity contribution in [3.8, 4) is 0 Å². The van der Waals surface area contributed by atoms with Crippen LogP contribution >= 0.6 is 11.6 Å². The van der Waals surface area contributed by atoms with Crippen LogP contribution in [0, 0.1) is 0 Å². The van der Waals surface area contributed by atoms with E-state index in [0.717, 1.165) is 23.0 Å². The van der Waals surface area contributed by atoms with Gasteiger partial charge in [0.05, 0.1) is 23.6 Å². The fraction of sp³-hybridized carbons (Fsp3) is 0.267. The molecule has 1 atom stereocenters. The second-order valence-electron chi connectivity index (χ2n) is 4.70. The SMILES string of the molecule is CCC(Cl)c1cn(Cc2ccnc3ccccc23)nn1. The summed E-state index contributed by atoms with van der Waals surface area (Å²) < 4.78 is 1.82. The van der Waals surface area contributed by atoms with Crippen molar-refractivity contribution in [1.29, 1.82) is 0 Å². The van der Waals surface area contributed by atoms with Crippen LogP contribution in [0.3, 0.4) is 0 Å². The first-order valence-corrected chi connectivity index (χ1v) is 7.08. The summed E-state index contributed by atoms with van der Waals surface area (Å²) >= 11 is 6.18. The molecule has 0 bridgehead atoms. The quantitative estimate of drug-likeness (QED) is 0.689. The van der Waals surface area contributed by atoms with Gasteiger partial charge in [-0.15, -0.1) is 16.7 Å². The first-order chi connectivity index (χ1) is 9.78. The van der Waals surface area contributed by atoms with Gasteiger partial charge in [-0.25, -0.2) is 4.68 Å². The second kappa shape index (κ2) is 5.59. The van der Waals surface area contributed by atoms with Crippen LogP contribution in [0.2, 0.25) is 0 Å². The maximum Gasteiger partial charge on any atom is 0.101 e. The summed E-state index contributed by atoms with van der Waals surface area (Å²) in [6, 6.07) is 10.1. The van der Waals surface area contributed by atoms with Crippen molar-refractivity contribution in [2.75, 3.05) is 0 Å². The molecule has 0 aliphatic carbocycles. The average molecular weight is 287 g/mol. The molecule has 2 aromatic heterocycles. The van der Waals surface area contributed by atoms with Crippen molar-refractivity contribution in [3.63, 3.8) is 0 Å². The average Bonchev–Trinajstić information content (AvgIpc) is 2.95. The van der Waals surface area contributed by atoms with Gasteiger partial charge in [0.25, 0.3) is 0 Å². The molecule has 5 heteroatoms. The Morgan fingerprint density at radius 1 is 1.25 bits per heavy atom. The zero-order valence-electron chi connectivity index (χ0n) is 11.2. The fourth-order valence-electron chi connectivity index (χ4n) is 2.21. The normalized spacial score (nSPS) is 12.7. The van der Waals surface area contributed by atoms with Gasteiger partial charge in [0.15, 0.2) is 0 Å². The summed E-state index contributed by atoms with van der Waals surface area (Å²) in [6.07, 6.45) is 4.58. The van der Waals surface area contributed by atoms with E-state index in [0.29, 0.717) is 6.54 Å². The summed E-state index contributed by atoms with van der Waals surface area (Å²) in [7, 11) is 0. The number of alkyl halides is 1. The number of hydrogen-bond donors (Lipinski definition) is 0. The number of aromatic nitrogens is 4. The zero-order valence-corrected chi connectivity index (χ0v) is 12.0. The zero-order chi connectivity index (χ0) is 13.9. The van der Waals surface area contributed by atoms with Gasteiger partial charge in [0, 0.05) is 11.6 Å². The van der Waals surface area contributed by atoms with Gasteiger partial charge in [-0.3, -0.25) is 4.98 Å². The molecule has 1 unspecified atom stereocenters. The lowest BCUT2D eigenvalue weighted by atomic mass is 10.1. The van der Waals surface area contributed by atoms with Crippen molar-refractivity contribution >= 4 is 22.5 Å². The number of fused-ring (bicyclic) bond motifs is 1. The summed E-state index contributed by atoms with van der Waals surface area (Å²) in [4.78, 5) is 4.36. The molecule has 3 rings (SSSR count). The van der Waals surface area contributed by atoms with Gasteiger partial charge in [-0.2, -0.15) is 0 Å². The predicted octanol–water partition coefficient (Wildman–Crippen LogP) is 3.56. The Kier molecular flexibility index (Phi) is 3.65. The lowest BCUT2D eigenvalue weighted by Crippen LogP contribution is -2.01. The third-order valence-corrected chi connectivity index (χ3v) is 3.84. The van der Waals surface area contributed by atoms with Crippen LogP contribution in [0.25, 0.3) is 10.9 Å². The highest BCUT2D eigenvalue weighted by Gasteiger charge is 2.10. The molecule has 0 aliphatic rings. The van der Waals surface area contributed by atoms with E-state index in [9.17, 15) is 0 Å². The van der Waals surface area contributed by atoms with Crippen molar-refractivity contribution < 1.29 is 0 Å². The lowest BCUT2D eigenvalue weighted by Gasteiger charge is -2.05. The molecule has 0 saturated carbocycles. The smallest absolute Gasteiger partial charge is 0.101 e. The predicted molar refractivity (Wildman–Crippen MR) is 79.8 cm³/mol. The maximum atomic E-state index is 6.18. The van der Waals surface area contributed by atoms with Crippen LogP contribution in [-0.2, 0) is 6.54 Å². The van der Waals surface area contributed by atoms with E-state index >= 15 is 0 Å². The van der Waals surface area contributed by atoms with Gasteiger partial charge < -0.3 is 0 Å². The van der Waals surface area contributed by atoms with Crippen molar-refractivity contribution in [2.45, 2.75) is 25.3 Å². The molecular weight excluding hydrogens is 272 g/mol. The highest BCUT2D eigenvalue weighted by molar-refractivity contribution is 6.20. The monoisotopic (exact) mass is 286 g/mol. The summed E-state index contributed by atoms with van der Waals surface area (Å²) in [5.41, 5.74) is 3.00. The highest BCUT2D eigenvalue weighted by Crippen LogP contribution is 2.22. The van der Waals surface area contributed by atoms with Crippen molar-refractivity contribution in [2.24, 2.45) is 0 Å². The number of benzene rings is 1. The van der Waals surface area contributed by atoms with Crippen LogP contribution < -0.4 is 0 Å². The molecule has 0 radical (unpaired) electrons. The number of para-hydroxylation sites is 1. The molecule has 0 saturated heterocycles. The summed E-state index contributed by atoms with van der Waals surface area (Å²) in [5.74, 6) is 0. The van der Waals surface area contributed by atoms with Gasteiger partial charge >= 0.3 is 0 Å². The minimum atomic E-state index is -0.0714. The van der Waals surface area contributed by atoms with Crippen LogP contribution in [-0.4, -0.2) is 20.0 Å². The minimum Gasteiger partial charge on any atom is -0.256 e. The number of halogens is 1. The lowest BCUT2D eigenvalue weighted by molar-refractivity contribution is 0.651. The topological polar surface area (TPSA) is 43.6 Å². The van der Waals surface area contributed by atoms with Crippen LogP contribution in [0.1, 0.15) is 30.0 Å². The Hall–Kier alpha value is -1.94. The van der Waals surface area contributed by atoms with Crippen molar-refractivity contribution in [3.05, 3.63) is 54.0 Å². The van der Waals surface area contributed by atoms with Crippen LogP contribution in [0.5, 0.6) is 0 Å². The molecular formula is C15H15ClN4. The standard InChI is InChI=1S/C15H15ClN4/c1-2-13(16)15-10-20(19-18-15)9-11-7-8-17-14-6-4-3-5-12(11)14/h3-8,10,13H,2,9H2,1H3. The van der Waals surface area contributed by atoms with E-state index < -0.39 is 0 Å². The summed E-state index contributed by atoms with van der Waals surface area (Å²) in [6.45, 7) is 2.70. The molecule has 3 aromatic rings. The first-order valence-electron chi connectivity index (χ1n) is 6.64. The number of nitrogens with zero attached hydrogens (tertiary/aromatic N) is 4. The van der Waals surface area contributed by atoms with Crippen molar-refractivity contribution in [1.82, 2.24) is 20.0 Å². The molecule has 2 heterocycles. The number of pyridine rings is 1. The van der Waals surface area contributed by atoms with Gasteiger partial charge in [-0.05, 0) is 24.1 Å². The molecule has 20 heavy (non-hydrogen) atoms. The molecule has 0 fully saturated rings. The molecule has 0 aliphatic heterocycles. The van der Waals surface area contributed by atoms with Crippen LogP contribution in [0.15, 0.2) is 42.7 Å². The molecule has 0 amide bonds. The third kappa shape index (κ3) is 2.51. The molecule has 102 valence electrons. The van der Waals surface area contributed by atoms with Gasteiger partial charge in [0.1, 0.15) is 5.69 Å². The summed E-state index contributed by atoms with van der Waals surface area (Å²) in [5, 5.41) is 9.35. The Morgan fingerprint density at radius 3 is 2.95 bits per heavy atom. The minimum absolute atomic E-state index is 0.0714. The number of rotatable bonds is 4. The van der Waals surface area contributed by atoms with E-state index in [1.54, 1.807) is 0 Å². The van der Waals surface area contributed by atoms with E-state index in [1.165, 1.54) is 5.56 Å². The Morgan fingerprint density at radius 2 is 2.10 bits per heavy atom. The largest absolute Gasteiger partial charge is 0.256 e. The highest BCUT2D eigenvalue weighted by atomic mass is 35.5. The molecule has 4 nitrogen and oxygen atoms in total. The Balaban J connectivity index is 1.91. The van der Waals surface area contributed by atoms with E-state index in [-0.39, 0.29) is 5.38 Å². The van der Waals surface area contributed by atoms with E-state index in [1.807, 2.05) is 48.3 Å². The number of hydrogen-bond acceptors (Lipinski definition) is 3. The Labute approximate surface area is 122 Å². The van der Waals surface area contributed by atoms with Crippen LogP contribution in [0.4, 0.5) is 0 Å². The fourth-order valence-corrected chi connectivity index (χ4v) is 2.31. The molecule has 1 aromatic carbocycles. The third-order valence-electron chi connectivity index (χ3n) is 3.31. The Bertz CT molecular complexity index is 717. The second-order valence-corrected chi connectivity index (χ2v) is 5.23. The first kappa shape index (κ1) is 13.1. The molecule has 0 spiro atoms. The van der Waals surface area contributed by atoms with Gasteiger partial charge in [0.2, 0.25) is 0 Å².